The van der Waals surface area contributed by atoms with E-state index in [0.29, 0.717) is 28.4 Å². The zero-order valence-electron chi connectivity index (χ0n) is 14.6. The molecule has 0 radical (unpaired) electrons. The minimum Gasteiger partial charge on any atom is -0.398 e. The van der Waals surface area contributed by atoms with Crippen LogP contribution in [-0.4, -0.2) is 28.8 Å². The van der Waals surface area contributed by atoms with Gasteiger partial charge in [-0.05, 0) is 32.9 Å². The highest BCUT2D eigenvalue weighted by Crippen LogP contribution is 2.30. The van der Waals surface area contributed by atoms with E-state index in [-0.39, 0.29) is 16.4 Å². The van der Waals surface area contributed by atoms with Crippen LogP contribution >= 0.6 is 0 Å². The number of aryl methyl sites for hydroxylation is 1. The van der Waals surface area contributed by atoms with Crippen LogP contribution in [-0.2, 0) is 9.84 Å². The Morgan fingerprint density at radius 1 is 1.15 bits per heavy atom. The van der Waals surface area contributed by atoms with Crippen LogP contribution in [0.3, 0.4) is 0 Å². The summed E-state index contributed by atoms with van der Waals surface area (Å²) in [6, 6.07) is 6.39. The van der Waals surface area contributed by atoms with Gasteiger partial charge in [-0.15, -0.1) is 0 Å². The van der Waals surface area contributed by atoms with Crippen LogP contribution < -0.4 is 11.5 Å². The molecule has 2 aromatic heterocycles. The Kier molecular flexibility index (Phi) is 4.41. The lowest BCUT2D eigenvalue weighted by atomic mass is 10.1. The quantitative estimate of drug-likeness (QED) is 0.665. The van der Waals surface area contributed by atoms with Gasteiger partial charge >= 0.3 is 0 Å². The third-order valence-corrected chi connectivity index (χ3v) is 6.12. The number of aromatic nitrogens is 3. The van der Waals surface area contributed by atoms with Crippen LogP contribution in [0.5, 0.6) is 0 Å². The molecule has 136 valence electrons. The third kappa shape index (κ3) is 3.13. The zero-order valence-corrected chi connectivity index (χ0v) is 15.4. The number of sulfone groups is 1. The molecule has 0 atom stereocenters. The maximum absolute atomic E-state index is 12.3. The van der Waals surface area contributed by atoms with Crippen molar-refractivity contribution < 1.29 is 12.9 Å². The van der Waals surface area contributed by atoms with Crippen molar-refractivity contribution in [3.8, 4) is 22.7 Å². The molecule has 8 nitrogen and oxygen atoms in total. The van der Waals surface area contributed by atoms with Crippen LogP contribution in [0, 0.1) is 6.92 Å². The first-order valence-electron chi connectivity index (χ1n) is 7.90. The first-order chi connectivity index (χ1) is 12.2. The van der Waals surface area contributed by atoms with Gasteiger partial charge in [-0.1, -0.05) is 11.2 Å². The largest absolute Gasteiger partial charge is 0.398 e. The molecule has 26 heavy (non-hydrogen) atoms. The first-order valence-corrected chi connectivity index (χ1v) is 9.44. The highest BCUT2D eigenvalue weighted by Gasteiger charge is 2.22. The van der Waals surface area contributed by atoms with Crippen molar-refractivity contribution >= 4 is 21.3 Å². The summed E-state index contributed by atoms with van der Waals surface area (Å²) in [5.41, 5.74) is 14.2. The van der Waals surface area contributed by atoms with E-state index >= 15 is 0 Å². The molecule has 0 saturated carbocycles. The van der Waals surface area contributed by atoms with E-state index in [1.165, 1.54) is 12.3 Å². The second kappa shape index (κ2) is 6.41. The summed E-state index contributed by atoms with van der Waals surface area (Å²) in [7, 11) is -3.47. The molecule has 4 N–H and O–H groups in total. The van der Waals surface area contributed by atoms with E-state index in [9.17, 15) is 8.42 Å². The molecule has 0 aliphatic rings. The van der Waals surface area contributed by atoms with Gasteiger partial charge in [-0.2, -0.15) is 0 Å². The Labute approximate surface area is 151 Å². The van der Waals surface area contributed by atoms with E-state index < -0.39 is 15.1 Å². The number of benzene rings is 1. The molecule has 0 fully saturated rings. The third-order valence-electron chi connectivity index (χ3n) is 3.89. The highest BCUT2D eigenvalue weighted by molar-refractivity contribution is 7.92. The molecule has 3 aromatic rings. The van der Waals surface area contributed by atoms with Crippen LogP contribution in [0.4, 0.5) is 11.5 Å². The molecule has 0 spiro atoms. The summed E-state index contributed by atoms with van der Waals surface area (Å²) < 4.78 is 29.9. The maximum atomic E-state index is 12.3. The number of nitrogens with two attached hydrogens (primary N) is 2. The van der Waals surface area contributed by atoms with Gasteiger partial charge in [0.1, 0.15) is 0 Å². The van der Waals surface area contributed by atoms with Gasteiger partial charge in [0.15, 0.2) is 27.1 Å². The summed E-state index contributed by atoms with van der Waals surface area (Å²) in [6.07, 6.45) is 1.49. The van der Waals surface area contributed by atoms with E-state index in [0.717, 1.165) is 0 Å². The lowest BCUT2D eigenvalue weighted by Gasteiger charge is -2.12. The molecular weight excluding hydrogens is 354 g/mol. The SMILES string of the molecule is Cc1cc(-c2nc(-c3ccc(S(=O)(=O)C(C)C)c(N)c3)cnc2N)on1. The van der Waals surface area contributed by atoms with Crippen LogP contribution in [0.15, 0.2) is 39.9 Å². The number of hydrogen-bond acceptors (Lipinski definition) is 8. The number of hydrogen-bond donors (Lipinski definition) is 2. The summed E-state index contributed by atoms with van der Waals surface area (Å²) in [5.74, 6) is 0.609. The summed E-state index contributed by atoms with van der Waals surface area (Å²) in [6.45, 7) is 5.01. The van der Waals surface area contributed by atoms with E-state index in [1.807, 2.05) is 0 Å². The minimum atomic E-state index is -3.47. The van der Waals surface area contributed by atoms with E-state index in [1.54, 1.807) is 39.0 Å². The predicted octanol–water partition coefficient (Wildman–Crippen LogP) is 2.45. The van der Waals surface area contributed by atoms with Crippen molar-refractivity contribution in [2.75, 3.05) is 11.5 Å². The fourth-order valence-corrected chi connectivity index (χ4v) is 3.57. The van der Waals surface area contributed by atoms with Gasteiger partial charge < -0.3 is 16.0 Å². The standard InChI is InChI=1S/C17H19N5O3S/c1-9(2)26(23,24)15-5-4-11(7-12(15)18)13-8-20-17(19)16(21-13)14-6-10(3)22-25-14/h4-9H,18H2,1-3H3,(H2,19,20). The highest BCUT2D eigenvalue weighted by atomic mass is 32.2. The van der Waals surface area contributed by atoms with Crippen molar-refractivity contribution in [2.45, 2.75) is 30.9 Å². The van der Waals surface area contributed by atoms with Crippen molar-refractivity contribution in [3.05, 3.63) is 36.2 Å². The number of rotatable bonds is 4. The van der Waals surface area contributed by atoms with Crippen LogP contribution in [0.2, 0.25) is 0 Å². The molecule has 0 amide bonds. The fraction of sp³-hybridized carbons (Fsp3) is 0.235. The van der Waals surface area contributed by atoms with Crippen molar-refractivity contribution in [1.82, 2.24) is 15.1 Å². The van der Waals surface area contributed by atoms with Crippen molar-refractivity contribution in [3.63, 3.8) is 0 Å². The average molecular weight is 373 g/mol. The summed E-state index contributed by atoms with van der Waals surface area (Å²) >= 11 is 0. The van der Waals surface area contributed by atoms with Gasteiger partial charge in [0, 0.05) is 11.6 Å². The normalized spacial score (nSPS) is 11.8. The van der Waals surface area contributed by atoms with Gasteiger partial charge in [0.05, 0.1) is 33.4 Å². The Morgan fingerprint density at radius 3 is 2.46 bits per heavy atom. The topological polar surface area (TPSA) is 138 Å². The lowest BCUT2D eigenvalue weighted by Crippen LogP contribution is -2.15. The van der Waals surface area contributed by atoms with Gasteiger partial charge in [0.2, 0.25) is 0 Å². The molecule has 0 unspecified atom stereocenters. The van der Waals surface area contributed by atoms with Crippen molar-refractivity contribution in [1.29, 1.82) is 0 Å². The average Bonchev–Trinajstić information content (AvgIpc) is 3.01. The van der Waals surface area contributed by atoms with Crippen LogP contribution in [0.25, 0.3) is 22.7 Å². The molecule has 0 saturated heterocycles. The Hall–Kier alpha value is -2.94. The molecule has 3 rings (SSSR count). The Morgan fingerprint density at radius 2 is 1.88 bits per heavy atom. The van der Waals surface area contributed by atoms with Crippen molar-refractivity contribution in [2.24, 2.45) is 0 Å². The Balaban J connectivity index is 2.07. The second-order valence-corrected chi connectivity index (χ2v) is 8.64. The smallest absolute Gasteiger partial charge is 0.189 e. The minimum absolute atomic E-state index is 0.103. The molecule has 0 aliphatic carbocycles. The summed E-state index contributed by atoms with van der Waals surface area (Å²) in [5, 5.41) is 3.26. The monoisotopic (exact) mass is 373 g/mol. The second-order valence-electron chi connectivity index (χ2n) is 6.17. The van der Waals surface area contributed by atoms with E-state index in [2.05, 4.69) is 15.1 Å². The molecule has 0 bridgehead atoms. The van der Waals surface area contributed by atoms with E-state index in [4.69, 9.17) is 16.0 Å². The maximum Gasteiger partial charge on any atom is 0.189 e. The number of nitrogen functional groups attached to an aromatic ring is 2. The molecule has 2 heterocycles. The summed E-state index contributed by atoms with van der Waals surface area (Å²) in [4.78, 5) is 8.71. The first kappa shape index (κ1) is 17.9. The van der Waals surface area contributed by atoms with Gasteiger partial charge in [0.25, 0.3) is 0 Å². The molecule has 1 aromatic carbocycles. The van der Waals surface area contributed by atoms with Gasteiger partial charge in [-0.3, -0.25) is 0 Å². The molecule has 9 heteroatoms. The molecular formula is C17H19N5O3S. The molecule has 0 aliphatic heterocycles. The van der Waals surface area contributed by atoms with Gasteiger partial charge in [-0.25, -0.2) is 18.4 Å². The number of nitrogens with zero attached hydrogens (tertiary/aromatic N) is 3. The lowest BCUT2D eigenvalue weighted by molar-refractivity contribution is 0.426. The Bertz CT molecular complexity index is 1070. The van der Waals surface area contributed by atoms with Crippen LogP contribution in [0.1, 0.15) is 19.5 Å². The predicted molar refractivity (Wildman–Crippen MR) is 98.8 cm³/mol. The fourth-order valence-electron chi connectivity index (χ4n) is 2.41. The number of anilines is 2. The zero-order chi connectivity index (χ0) is 19.1.